The summed E-state index contributed by atoms with van der Waals surface area (Å²) >= 11 is 6.46. The van der Waals surface area contributed by atoms with E-state index < -0.39 is 0 Å². The molecule has 0 bridgehead atoms. The quantitative estimate of drug-likeness (QED) is 0.658. The average molecular weight is 454 g/mol. The monoisotopic (exact) mass is 453 g/mol. The Morgan fingerprint density at radius 2 is 1.69 bits per heavy atom. The van der Waals surface area contributed by atoms with Crippen molar-refractivity contribution >= 4 is 17.5 Å². The Balaban J connectivity index is 1.18. The molecule has 0 saturated carbocycles. The van der Waals surface area contributed by atoms with Gasteiger partial charge in [0.25, 0.3) is 5.91 Å². The zero-order chi connectivity index (χ0) is 22.3. The number of piperidine rings is 2. The predicted octanol–water partition coefficient (Wildman–Crippen LogP) is 4.97. The first-order valence-electron chi connectivity index (χ1n) is 11.8. The van der Waals surface area contributed by atoms with E-state index in [1.54, 1.807) is 12.4 Å². The average Bonchev–Trinajstić information content (AvgIpc) is 3.14. The Kier molecular flexibility index (Phi) is 5.67. The molecule has 1 aromatic carbocycles. The highest BCUT2D eigenvalue weighted by Gasteiger charge is 2.39. The van der Waals surface area contributed by atoms with Crippen molar-refractivity contribution in [3.05, 3.63) is 58.4 Å². The fraction of sp³-hybridized carbons (Fsp3) is 0.538. The summed E-state index contributed by atoms with van der Waals surface area (Å²) in [6.07, 6.45) is 8.86. The summed E-state index contributed by atoms with van der Waals surface area (Å²) < 4.78 is 6.28. The first-order valence-corrected chi connectivity index (χ1v) is 12.1. The molecule has 32 heavy (non-hydrogen) atoms. The molecule has 6 heteroatoms. The van der Waals surface area contributed by atoms with Crippen LogP contribution in [0.25, 0.3) is 0 Å². The van der Waals surface area contributed by atoms with Crippen LogP contribution in [0.2, 0.25) is 5.02 Å². The number of pyridine rings is 1. The number of likely N-dealkylation sites (tertiary alicyclic amines) is 2. The van der Waals surface area contributed by atoms with E-state index in [-0.39, 0.29) is 11.5 Å². The van der Waals surface area contributed by atoms with E-state index in [9.17, 15) is 4.79 Å². The van der Waals surface area contributed by atoms with Crippen LogP contribution in [-0.4, -0.2) is 52.5 Å². The van der Waals surface area contributed by atoms with Crippen molar-refractivity contribution in [3.8, 4) is 5.75 Å². The molecule has 0 unspecified atom stereocenters. The van der Waals surface area contributed by atoms with E-state index >= 15 is 0 Å². The maximum absolute atomic E-state index is 12.8. The van der Waals surface area contributed by atoms with E-state index in [2.05, 4.69) is 29.8 Å². The zero-order valence-corrected chi connectivity index (χ0v) is 19.8. The van der Waals surface area contributed by atoms with Gasteiger partial charge in [-0.05, 0) is 76.2 Å². The number of rotatable bonds is 3. The molecule has 3 aliphatic heterocycles. The molecule has 0 N–H and O–H groups in total. The van der Waals surface area contributed by atoms with Crippen molar-refractivity contribution in [2.75, 3.05) is 26.2 Å². The SMILES string of the molecule is CC1(C)Cc2c(Cl)ccc(CN3CCC4(CC3)CCN(C(=O)c3ccncc3)CC4)c2O1. The Morgan fingerprint density at radius 3 is 2.38 bits per heavy atom. The number of aromatic nitrogens is 1. The van der Waals surface area contributed by atoms with Crippen molar-refractivity contribution in [1.82, 2.24) is 14.8 Å². The zero-order valence-electron chi connectivity index (χ0n) is 19.1. The summed E-state index contributed by atoms with van der Waals surface area (Å²) in [7, 11) is 0. The molecule has 2 fully saturated rings. The third-order valence-electron chi connectivity index (χ3n) is 7.61. The maximum Gasteiger partial charge on any atom is 0.253 e. The topological polar surface area (TPSA) is 45.7 Å². The third kappa shape index (κ3) is 4.25. The summed E-state index contributed by atoms with van der Waals surface area (Å²) in [6.45, 7) is 9.08. The molecule has 1 spiro atoms. The van der Waals surface area contributed by atoms with Crippen LogP contribution in [-0.2, 0) is 13.0 Å². The predicted molar refractivity (Wildman–Crippen MR) is 126 cm³/mol. The standard InChI is InChI=1S/C26H32ClN3O2/c1-25(2)17-21-22(27)4-3-20(23(21)32-25)18-29-13-7-26(8-14-29)9-15-30(16-10-26)24(31)19-5-11-28-12-6-19/h3-6,11-12H,7-10,13-18H2,1-2H3. The molecule has 2 saturated heterocycles. The molecule has 0 aliphatic carbocycles. The Hall–Kier alpha value is -2.11. The number of hydrogen-bond donors (Lipinski definition) is 0. The second-order valence-electron chi connectivity index (χ2n) is 10.4. The van der Waals surface area contributed by atoms with Gasteiger partial charge in [-0.2, -0.15) is 0 Å². The van der Waals surface area contributed by atoms with Gasteiger partial charge in [-0.25, -0.2) is 0 Å². The molecule has 170 valence electrons. The van der Waals surface area contributed by atoms with Gasteiger partial charge in [-0.3, -0.25) is 14.7 Å². The lowest BCUT2D eigenvalue weighted by Crippen LogP contribution is -2.48. The Bertz CT molecular complexity index is 990. The van der Waals surface area contributed by atoms with Gasteiger partial charge >= 0.3 is 0 Å². The van der Waals surface area contributed by atoms with Crippen molar-refractivity contribution in [2.24, 2.45) is 5.41 Å². The number of carbonyl (C=O) groups excluding carboxylic acids is 1. The van der Waals surface area contributed by atoms with Gasteiger partial charge in [0.1, 0.15) is 11.4 Å². The minimum atomic E-state index is -0.185. The van der Waals surface area contributed by atoms with Crippen LogP contribution in [0.4, 0.5) is 0 Å². The minimum Gasteiger partial charge on any atom is -0.487 e. The second kappa shape index (κ2) is 8.35. The van der Waals surface area contributed by atoms with Crippen LogP contribution >= 0.6 is 11.6 Å². The van der Waals surface area contributed by atoms with Gasteiger partial charge in [0.15, 0.2) is 0 Å². The summed E-state index contributed by atoms with van der Waals surface area (Å²) in [5, 5.41) is 0.819. The third-order valence-corrected chi connectivity index (χ3v) is 7.97. The minimum absolute atomic E-state index is 0.138. The van der Waals surface area contributed by atoms with Crippen molar-refractivity contribution in [1.29, 1.82) is 0 Å². The molecule has 0 atom stereocenters. The number of hydrogen-bond acceptors (Lipinski definition) is 4. The van der Waals surface area contributed by atoms with Crippen LogP contribution in [0.15, 0.2) is 36.7 Å². The van der Waals surface area contributed by atoms with E-state index in [1.165, 1.54) is 18.4 Å². The number of halogens is 1. The summed E-state index contributed by atoms with van der Waals surface area (Å²) in [5.74, 6) is 1.14. The van der Waals surface area contributed by atoms with E-state index in [0.29, 0.717) is 5.41 Å². The van der Waals surface area contributed by atoms with Gasteiger partial charge in [-0.15, -0.1) is 0 Å². The lowest BCUT2D eigenvalue weighted by atomic mass is 9.71. The van der Waals surface area contributed by atoms with Crippen LogP contribution in [0.1, 0.15) is 61.0 Å². The van der Waals surface area contributed by atoms with Gasteiger partial charge in [0.05, 0.1) is 0 Å². The van der Waals surface area contributed by atoms with Gasteiger partial charge in [0, 0.05) is 60.2 Å². The molecule has 2 aromatic rings. The highest BCUT2D eigenvalue weighted by atomic mass is 35.5. The van der Waals surface area contributed by atoms with Gasteiger partial charge in [-0.1, -0.05) is 17.7 Å². The number of amides is 1. The smallest absolute Gasteiger partial charge is 0.253 e. The first-order chi connectivity index (χ1) is 15.3. The largest absolute Gasteiger partial charge is 0.487 e. The molecule has 1 aromatic heterocycles. The number of fused-ring (bicyclic) bond motifs is 1. The molecule has 1 amide bonds. The normalized spacial score (nSPS) is 21.9. The van der Waals surface area contributed by atoms with Crippen molar-refractivity contribution in [2.45, 2.75) is 58.1 Å². The highest BCUT2D eigenvalue weighted by Crippen LogP contribution is 2.44. The van der Waals surface area contributed by atoms with Crippen LogP contribution in [0.5, 0.6) is 5.75 Å². The van der Waals surface area contributed by atoms with Crippen molar-refractivity contribution < 1.29 is 9.53 Å². The van der Waals surface area contributed by atoms with Crippen molar-refractivity contribution in [3.63, 3.8) is 0 Å². The molecular formula is C26H32ClN3O2. The van der Waals surface area contributed by atoms with Crippen LogP contribution in [0, 0.1) is 5.41 Å². The van der Waals surface area contributed by atoms with E-state index in [1.807, 2.05) is 23.1 Å². The molecule has 4 heterocycles. The van der Waals surface area contributed by atoms with E-state index in [4.69, 9.17) is 16.3 Å². The fourth-order valence-corrected chi connectivity index (χ4v) is 5.81. The summed E-state index contributed by atoms with van der Waals surface area (Å²) in [4.78, 5) is 21.3. The molecule has 5 rings (SSSR count). The highest BCUT2D eigenvalue weighted by molar-refractivity contribution is 6.31. The summed E-state index contributed by atoms with van der Waals surface area (Å²) in [5.41, 5.74) is 3.35. The summed E-state index contributed by atoms with van der Waals surface area (Å²) in [6, 6.07) is 7.78. The fourth-order valence-electron chi connectivity index (χ4n) is 5.59. The van der Waals surface area contributed by atoms with Crippen LogP contribution in [0.3, 0.4) is 0 Å². The van der Waals surface area contributed by atoms with Gasteiger partial charge < -0.3 is 9.64 Å². The van der Waals surface area contributed by atoms with Gasteiger partial charge in [0.2, 0.25) is 0 Å². The number of carbonyl (C=O) groups is 1. The van der Waals surface area contributed by atoms with E-state index in [0.717, 1.165) is 73.9 Å². The Labute approximate surface area is 195 Å². The second-order valence-corrected chi connectivity index (χ2v) is 10.8. The number of ether oxygens (including phenoxy) is 1. The number of benzene rings is 1. The molecule has 0 radical (unpaired) electrons. The lowest BCUT2D eigenvalue weighted by Gasteiger charge is -2.47. The lowest BCUT2D eigenvalue weighted by molar-refractivity contribution is 0.0282. The maximum atomic E-state index is 12.8. The molecule has 5 nitrogen and oxygen atoms in total. The number of nitrogens with zero attached hydrogens (tertiary/aromatic N) is 3. The molecule has 3 aliphatic rings. The van der Waals surface area contributed by atoms with Crippen LogP contribution < -0.4 is 4.74 Å². The molecular weight excluding hydrogens is 422 g/mol. The Morgan fingerprint density at radius 1 is 1.03 bits per heavy atom. The first kappa shape index (κ1) is 21.7.